The fourth-order valence-electron chi connectivity index (χ4n) is 2.39. The van der Waals surface area contributed by atoms with E-state index in [1.807, 2.05) is 0 Å². The minimum Gasteiger partial charge on any atom is -0.381 e. The topological polar surface area (TPSA) is 72.6 Å². The number of rotatable bonds is 2. The molecule has 0 saturated carbocycles. The Morgan fingerprint density at radius 1 is 1.19 bits per heavy atom. The second-order valence-electron chi connectivity index (χ2n) is 4.62. The molecule has 0 aromatic carbocycles. The summed E-state index contributed by atoms with van der Waals surface area (Å²) < 4.78 is 31.4. The van der Waals surface area contributed by atoms with Gasteiger partial charge < -0.3 is 10.5 Å². The van der Waals surface area contributed by atoms with Crippen LogP contribution in [0.1, 0.15) is 25.7 Å². The van der Waals surface area contributed by atoms with Gasteiger partial charge in [0.25, 0.3) is 0 Å². The summed E-state index contributed by atoms with van der Waals surface area (Å²) in [6.07, 6.45) is 3.05. The van der Waals surface area contributed by atoms with Crippen LogP contribution in [-0.4, -0.2) is 50.3 Å². The Morgan fingerprint density at radius 2 is 1.88 bits per heavy atom. The van der Waals surface area contributed by atoms with Crippen molar-refractivity contribution in [2.75, 3.05) is 26.3 Å². The molecule has 1 atom stereocenters. The van der Waals surface area contributed by atoms with E-state index in [4.69, 9.17) is 10.5 Å². The summed E-state index contributed by atoms with van der Waals surface area (Å²) in [7, 11) is -3.14. The van der Waals surface area contributed by atoms with E-state index in [9.17, 15) is 8.42 Å². The molecule has 6 heteroatoms. The normalized spacial score (nSPS) is 30.4. The zero-order chi connectivity index (χ0) is 11.6. The molecular formula is C10H20N2O3S. The van der Waals surface area contributed by atoms with Crippen LogP contribution in [0.4, 0.5) is 0 Å². The van der Waals surface area contributed by atoms with Gasteiger partial charge in [-0.1, -0.05) is 0 Å². The maximum atomic E-state index is 12.3. The van der Waals surface area contributed by atoms with E-state index in [0.29, 0.717) is 39.1 Å². The first-order valence-corrected chi connectivity index (χ1v) is 7.43. The lowest BCUT2D eigenvalue weighted by Crippen LogP contribution is -2.49. The van der Waals surface area contributed by atoms with E-state index in [2.05, 4.69) is 0 Å². The summed E-state index contributed by atoms with van der Waals surface area (Å²) in [6, 6.07) is 0.00312. The highest BCUT2D eigenvalue weighted by Crippen LogP contribution is 2.22. The standard InChI is InChI=1S/C10H20N2O3S/c11-9-2-1-5-12(8-9)16(13,14)10-3-6-15-7-4-10/h9-10H,1-8,11H2/t9-/m1/s1. The van der Waals surface area contributed by atoms with Crippen molar-refractivity contribution >= 4 is 10.0 Å². The van der Waals surface area contributed by atoms with E-state index in [1.165, 1.54) is 0 Å². The van der Waals surface area contributed by atoms with Gasteiger partial charge in [-0.2, -0.15) is 0 Å². The first-order chi connectivity index (χ1) is 7.60. The van der Waals surface area contributed by atoms with Gasteiger partial charge in [0, 0.05) is 32.3 Å². The summed E-state index contributed by atoms with van der Waals surface area (Å²) in [4.78, 5) is 0. The number of hydrogen-bond acceptors (Lipinski definition) is 4. The van der Waals surface area contributed by atoms with Crippen LogP contribution in [0.15, 0.2) is 0 Å². The van der Waals surface area contributed by atoms with Gasteiger partial charge in [0.2, 0.25) is 10.0 Å². The fraction of sp³-hybridized carbons (Fsp3) is 1.00. The summed E-state index contributed by atoms with van der Waals surface area (Å²) in [5.41, 5.74) is 5.82. The molecule has 0 aromatic heterocycles. The first-order valence-electron chi connectivity index (χ1n) is 5.93. The summed E-state index contributed by atoms with van der Waals surface area (Å²) in [6.45, 7) is 2.24. The van der Waals surface area contributed by atoms with Crippen molar-refractivity contribution in [2.24, 2.45) is 5.73 Å². The molecule has 2 saturated heterocycles. The molecule has 2 N–H and O–H groups in total. The second kappa shape index (κ2) is 5.00. The van der Waals surface area contributed by atoms with E-state index in [-0.39, 0.29) is 11.3 Å². The van der Waals surface area contributed by atoms with Crippen LogP contribution in [0.2, 0.25) is 0 Å². The third kappa shape index (κ3) is 2.56. The molecule has 0 aromatic rings. The average molecular weight is 248 g/mol. The second-order valence-corrected chi connectivity index (χ2v) is 6.83. The lowest BCUT2D eigenvalue weighted by atomic mass is 10.1. The monoisotopic (exact) mass is 248 g/mol. The van der Waals surface area contributed by atoms with Crippen molar-refractivity contribution in [3.05, 3.63) is 0 Å². The van der Waals surface area contributed by atoms with Gasteiger partial charge in [-0.3, -0.25) is 0 Å². The van der Waals surface area contributed by atoms with Crippen molar-refractivity contribution in [1.29, 1.82) is 0 Å². The quantitative estimate of drug-likeness (QED) is 0.742. The van der Waals surface area contributed by atoms with Gasteiger partial charge >= 0.3 is 0 Å². The Labute approximate surface area is 97.0 Å². The van der Waals surface area contributed by atoms with Gasteiger partial charge in [-0.15, -0.1) is 0 Å². The van der Waals surface area contributed by atoms with Gasteiger partial charge in [-0.05, 0) is 25.7 Å². The molecule has 0 radical (unpaired) electrons. The summed E-state index contributed by atoms with van der Waals surface area (Å²) >= 11 is 0. The zero-order valence-corrected chi connectivity index (χ0v) is 10.3. The Morgan fingerprint density at radius 3 is 2.50 bits per heavy atom. The van der Waals surface area contributed by atoms with Crippen LogP contribution in [0, 0.1) is 0 Å². The third-order valence-electron chi connectivity index (χ3n) is 3.37. The van der Waals surface area contributed by atoms with Gasteiger partial charge in [0.1, 0.15) is 0 Å². The highest BCUT2D eigenvalue weighted by atomic mass is 32.2. The maximum absolute atomic E-state index is 12.3. The predicted octanol–water partition coefficient (Wildman–Crippen LogP) is -0.0817. The van der Waals surface area contributed by atoms with Crippen LogP contribution in [0.5, 0.6) is 0 Å². The third-order valence-corrected chi connectivity index (χ3v) is 5.74. The molecule has 2 rings (SSSR count). The van der Waals surface area contributed by atoms with Gasteiger partial charge in [0.15, 0.2) is 0 Å². The van der Waals surface area contributed by atoms with E-state index in [1.54, 1.807) is 4.31 Å². The van der Waals surface area contributed by atoms with Crippen molar-refractivity contribution < 1.29 is 13.2 Å². The fourth-order valence-corrected chi connectivity index (χ4v) is 4.38. The Balaban J connectivity index is 2.05. The van der Waals surface area contributed by atoms with E-state index in [0.717, 1.165) is 12.8 Å². The molecule has 5 nitrogen and oxygen atoms in total. The number of hydrogen-bond donors (Lipinski definition) is 1. The average Bonchev–Trinajstić information content (AvgIpc) is 2.30. The van der Waals surface area contributed by atoms with Gasteiger partial charge in [0.05, 0.1) is 5.25 Å². The van der Waals surface area contributed by atoms with Crippen molar-refractivity contribution in [3.63, 3.8) is 0 Å². The Bertz CT molecular complexity index is 325. The minimum atomic E-state index is -3.14. The number of ether oxygens (including phenoxy) is 1. The lowest BCUT2D eigenvalue weighted by molar-refractivity contribution is 0.0969. The molecular weight excluding hydrogens is 228 g/mol. The summed E-state index contributed by atoms with van der Waals surface area (Å²) in [5.74, 6) is 0. The Kier molecular flexibility index (Phi) is 3.84. The molecule has 0 aliphatic carbocycles. The lowest BCUT2D eigenvalue weighted by Gasteiger charge is -2.34. The maximum Gasteiger partial charge on any atom is 0.217 e. The smallest absolute Gasteiger partial charge is 0.217 e. The largest absolute Gasteiger partial charge is 0.381 e. The van der Waals surface area contributed by atoms with Crippen molar-refractivity contribution in [3.8, 4) is 0 Å². The first kappa shape index (κ1) is 12.3. The highest BCUT2D eigenvalue weighted by molar-refractivity contribution is 7.89. The molecule has 2 fully saturated rings. The molecule has 0 spiro atoms. The molecule has 0 amide bonds. The number of nitrogens with two attached hydrogens (primary N) is 1. The molecule has 2 aliphatic heterocycles. The number of nitrogens with zero attached hydrogens (tertiary/aromatic N) is 1. The van der Waals surface area contributed by atoms with Crippen LogP contribution >= 0.6 is 0 Å². The van der Waals surface area contributed by atoms with Gasteiger partial charge in [-0.25, -0.2) is 12.7 Å². The Hall–Kier alpha value is -0.170. The molecule has 16 heavy (non-hydrogen) atoms. The highest BCUT2D eigenvalue weighted by Gasteiger charge is 2.35. The molecule has 0 unspecified atom stereocenters. The van der Waals surface area contributed by atoms with Crippen LogP contribution in [0.3, 0.4) is 0 Å². The van der Waals surface area contributed by atoms with Crippen molar-refractivity contribution in [2.45, 2.75) is 37.0 Å². The van der Waals surface area contributed by atoms with Crippen LogP contribution < -0.4 is 5.73 Å². The minimum absolute atomic E-state index is 0.00312. The van der Waals surface area contributed by atoms with Crippen LogP contribution in [-0.2, 0) is 14.8 Å². The molecule has 2 heterocycles. The van der Waals surface area contributed by atoms with E-state index < -0.39 is 10.0 Å². The van der Waals surface area contributed by atoms with Crippen molar-refractivity contribution in [1.82, 2.24) is 4.31 Å². The molecule has 2 aliphatic rings. The molecule has 94 valence electrons. The SMILES string of the molecule is N[C@@H]1CCCN(S(=O)(=O)C2CCOCC2)C1. The molecule has 0 bridgehead atoms. The number of piperidine rings is 1. The zero-order valence-electron chi connectivity index (χ0n) is 9.47. The predicted molar refractivity (Wildman–Crippen MR) is 61.5 cm³/mol. The number of sulfonamides is 1. The van der Waals surface area contributed by atoms with Crippen LogP contribution in [0.25, 0.3) is 0 Å². The summed E-state index contributed by atoms with van der Waals surface area (Å²) in [5, 5.41) is -0.258. The van der Waals surface area contributed by atoms with E-state index >= 15 is 0 Å².